The van der Waals surface area contributed by atoms with Crippen LogP contribution < -0.4 is 15.3 Å². The van der Waals surface area contributed by atoms with Crippen molar-refractivity contribution in [3.05, 3.63) is 119 Å². The van der Waals surface area contributed by atoms with Gasteiger partial charge in [-0.1, -0.05) is 72.3 Å². The third-order valence-corrected chi connectivity index (χ3v) is 7.71. The standard InChI is InChI=1S/C30H27BN2/c1-3-12-22(13-4-1)32-26-18-9-7-16-24(26)31-25-17-8-10-19-27(25)33(23-14-5-2-6-15-23)29-21-11-20-28(32)30(29)31/h1-7,10-14,16,19-21,23H,8-9,15,17-18H2. The highest BCUT2D eigenvalue weighted by Gasteiger charge is 2.45. The Morgan fingerprint density at radius 2 is 1.64 bits per heavy atom. The molecule has 1 unspecified atom stereocenters. The summed E-state index contributed by atoms with van der Waals surface area (Å²) in [6.07, 6.45) is 24.2. The van der Waals surface area contributed by atoms with Crippen molar-refractivity contribution < 1.29 is 0 Å². The molecule has 33 heavy (non-hydrogen) atoms. The second-order valence-corrected chi connectivity index (χ2v) is 9.49. The highest BCUT2D eigenvalue weighted by molar-refractivity contribution is 6.90. The Labute approximate surface area is 196 Å². The van der Waals surface area contributed by atoms with Crippen LogP contribution in [0.25, 0.3) is 0 Å². The molecule has 0 spiro atoms. The summed E-state index contributed by atoms with van der Waals surface area (Å²) in [5.41, 5.74) is 11.5. The van der Waals surface area contributed by atoms with Crippen molar-refractivity contribution in [1.82, 2.24) is 0 Å². The number of para-hydroxylation sites is 1. The number of benzene rings is 2. The molecule has 0 fully saturated rings. The summed E-state index contributed by atoms with van der Waals surface area (Å²) in [6.45, 7) is 0.363. The molecule has 2 nitrogen and oxygen atoms in total. The summed E-state index contributed by atoms with van der Waals surface area (Å²) in [6, 6.07) is 18.3. The number of anilines is 3. The van der Waals surface area contributed by atoms with Crippen LogP contribution in [-0.2, 0) is 0 Å². The molecule has 0 saturated heterocycles. The fraction of sp³-hybridized carbons (Fsp3) is 0.200. The minimum absolute atomic E-state index is 0.359. The van der Waals surface area contributed by atoms with Gasteiger partial charge in [0.1, 0.15) is 0 Å². The Hall–Kier alpha value is -3.46. The molecule has 7 rings (SSSR count). The van der Waals surface area contributed by atoms with Gasteiger partial charge in [-0.3, -0.25) is 0 Å². The first-order valence-corrected chi connectivity index (χ1v) is 12.3. The Balaban J connectivity index is 1.52. The van der Waals surface area contributed by atoms with E-state index in [9.17, 15) is 0 Å². The van der Waals surface area contributed by atoms with Gasteiger partial charge in [-0.25, -0.2) is 0 Å². The summed E-state index contributed by atoms with van der Waals surface area (Å²) < 4.78 is 0. The third kappa shape index (κ3) is 2.81. The Morgan fingerprint density at radius 1 is 0.788 bits per heavy atom. The number of allylic oxidation sites excluding steroid dienone is 9. The summed E-state index contributed by atoms with van der Waals surface area (Å²) in [5.74, 6) is 0. The lowest BCUT2D eigenvalue weighted by molar-refractivity contribution is 0.749. The lowest BCUT2D eigenvalue weighted by Crippen LogP contribution is -2.53. The van der Waals surface area contributed by atoms with Gasteiger partial charge >= 0.3 is 0 Å². The highest BCUT2D eigenvalue weighted by atomic mass is 15.2. The summed E-state index contributed by atoms with van der Waals surface area (Å²) in [5, 5.41) is 0. The second kappa shape index (κ2) is 7.55. The van der Waals surface area contributed by atoms with E-state index in [0.29, 0.717) is 12.8 Å². The van der Waals surface area contributed by atoms with Gasteiger partial charge in [-0.15, -0.1) is 0 Å². The van der Waals surface area contributed by atoms with Crippen LogP contribution in [0.2, 0.25) is 0 Å². The molecule has 1 atom stereocenters. The molecule has 2 heterocycles. The van der Waals surface area contributed by atoms with E-state index in [1.807, 2.05) is 0 Å². The van der Waals surface area contributed by atoms with Crippen LogP contribution in [0.3, 0.4) is 0 Å². The number of nitrogens with zero attached hydrogens (tertiary/aromatic N) is 2. The average Bonchev–Trinajstić information content (AvgIpc) is 2.89. The Morgan fingerprint density at radius 3 is 2.52 bits per heavy atom. The molecule has 0 N–H and O–H groups in total. The SMILES string of the molecule is C1=CCC(N2C3=C(CCC=C3)B3C4=C(CCC=C4)N(c4ccccc4)c4cccc2c43)C=C1. The number of hydrogen-bond donors (Lipinski definition) is 0. The summed E-state index contributed by atoms with van der Waals surface area (Å²) >= 11 is 0. The zero-order chi connectivity index (χ0) is 21.8. The normalized spacial score (nSPS) is 22.5. The molecule has 0 aromatic heterocycles. The molecule has 2 aromatic rings. The van der Waals surface area contributed by atoms with Gasteiger partial charge in [0.2, 0.25) is 6.71 Å². The number of fused-ring (bicyclic) bond motifs is 2. The van der Waals surface area contributed by atoms with Crippen LogP contribution in [-0.4, -0.2) is 12.8 Å². The molecule has 5 aliphatic rings. The fourth-order valence-corrected chi connectivity index (χ4v) is 6.39. The molecule has 2 aliphatic heterocycles. The Kier molecular flexibility index (Phi) is 4.36. The maximum Gasteiger partial charge on any atom is 0.247 e. The second-order valence-electron chi connectivity index (χ2n) is 9.49. The molecule has 0 bridgehead atoms. The van der Waals surface area contributed by atoms with Crippen molar-refractivity contribution in [3.8, 4) is 0 Å². The van der Waals surface area contributed by atoms with E-state index < -0.39 is 0 Å². The van der Waals surface area contributed by atoms with Gasteiger partial charge in [0.05, 0.1) is 6.04 Å². The van der Waals surface area contributed by atoms with Crippen LogP contribution in [0.15, 0.2) is 119 Å². The zero-order valence-corrected chi connectivity index (χ0v) is 18.8. The van der Waals surface area contributed by atoms with Gasteiger partial charge in [0.25, 0.3) is 0 Å². The van der Waals surface area contributed by atoms with E-state index in [2.05, 4.69) is 107 Å². The fourth-order valence-electron chi connectivity index (χ4n) is 6.39. The lowest BCUT2D eigenvalue weighted by Gasteiger charge is -2.48. The summed E-state index contributed by atoms with van der Waals surface area (Å²) in [7, 11) is 0. The molecule has 0 saturated carbocycles. The molecule has 160 valence electrons. The largest absolute Gasteiger partial charge is 0.335 e. The molecular weight excluding hydrogens is 399 g/mol. The first-order chi connectivity index (χ1) is 16.4. The monoisotopic (exact) mass is 426 g/mol. The van der Waals surface area contributed by atoms with Crippen molar-refractivity contribution >= 4 is 29.2 Å². The van der Waals surface area contributed by atoms with E-state index in [0.717, 1.165) is 32.1 Å². The Bertz CT molecular complexity index is 1310. The van der Waals surface area contributed by atoms with Gasteiger partial charge in [-0.05, 0) is 73.4 Å². The van der Waals surface area contributed by atoms with Crippen molar-refractivity contribution in [2.45, 2.75) is 38.1 Å². The topological polar surface area (TPSA) is 6.48 Å². The molecule has 3 heteroatoms. The lowest BCUT2D eigenvalue weighted by atomic mass is 9.31. The highest BCUT2D eigenvalue weighted by Crippen LogP contribution is 2.47. The van der Waals surface area contributed by atoms with Crippen molar-refractivity contribution in [2.24, 2.45) is 0 Å². The minimum Gasteiger partial charge on any atom is -0.335 e. The maximum atomic E-state index is 2.63. The van der Waals surface area contributed by atoms with Gasteiger partial charge in [0.15, 0.2) is 0 Å². The van der Waals surface area contributed by atoms with Crippen molar-refractivity contribution in [1.29, 1.82) is 0 Å². The first-order valence-electron chi connectivity index (χ1n) is 12.3. The van der Waals surface area contributed by atoms with Crippen LogP contribution in [0.4, 0.5) is 17.1 Å². The minimum atomic E-state index is 0.359. The van der Waals surface area contributed by atoms with E-state index >= 15 is 0 Å². The zero-order valence-electron chi connectivity index (χ0n) is 18.8. The summed E-state index contributed by atoms with van der Waals surface area (Å²) in [4.78, 5) is 5.18. The van der Waals surface area contributed by atoms with E-state index in [-0.39, 0.29) is 0 Å². The predicted molar refractivity (Wildman–Crippen MR) is 140 cm³/mol. The average molecular weight is 426 g/mol. The van der Waals surface area contributed by atoms with Gasteiger partial charge in [-0.2, -0.15) is 0 Å². The smallest absolute Gasteiger partial charge is 0.247 e. The van der Waals surface area contributed by atoms with Gasteiger partial charge in [0, 0.05) is 28.5 Å². The molecule has 0 amide bonds. The third-order valence-electron chi connectivity index (χ3n) is 7.71. The number of hydrogen-bond acceptors (Lipinski definition) is 2. The maximum absolute atomic E-state index is 2.63. The van der Waals surface area contributed by atoms with Crippen LogP contribution >= 0.6 is 0 Å². The van der Waals surface area contributed by atoms with E-state index in [1.165, 1.54) is 39.4 Å². The van der Waals surface area contributed by atoms with Crippen molar-refractivity contribution in [2.75, 3.05) is 9.80 Å². The van der Waals surface area contributed by atoms with E-state index in [4.69, 9.17) is 0 Å². The molecule has 2 aromatic carbocycles. The van der Waals surface area contributed by atoms with Gasteiger partial charge < -0.3 is 9.80 Å². The quantitative estimate of drug-likeness (QED) is 0.504. The van der Waals surface area contributed by atoms with Crippen LogP contribution in [0, 0.1) is 0 Å². The first kappa shape index (κ1) is 19.1. The molecule has 0 radical (unpaired) electrons. The van der Waals surface area contributed by atoms with Crippen LogP contribution in [0.1, 0.15) is 32.1 Å². The molecular formula is C30H27BN2. The molecule has 3 aliphatic carbocycles. The number of rotatable bonds is 2. The predicted octanol–water partition coefficient (Wildman–Crippen LogP) is 6.53. The van der Waals surface area contributed by atoms with E-state index in [1.54, 1.807) is 5.47 Å². The van der Waals surface area contributed by atoms with Crippen LogP contribution in [0.5, 0.6) is 0 Å². The van der Waals surface area contributed by atoms with Crippen molar-refractivity contribution in [3.63, 3.8) is 0 Å².